The Balaban J connectivity index is 1.86. The van der Waals surface area contributed by atoms with E-state index >= 15 is 0 Å². The molecule has 1 unspecified atom stereocenters. The summed E-state index contributed by atoms with van der Waals surface area (Å²) in [6, 6.07) is 0.852. The van der Waals surface area contributed by atoms with E-state index in [4.69, 9.17) is 10.8 Å². The molecule has 5 nitrogen and oxygen atoms in total. The lowest BCUT2D eigenvalue weighted by atomic mass is 10.0. The number of hydrogen-bond acceptors (Lipinski definition) is 4. The monoisotopic (exact) mass is 426 g/mol. The van der Waals surface area contributed by atoms with Crippen molar-refractivity contribution >= 4 is 17.5 Å². The highest BCUT2D eigenvalue weighted by Crippen LogP contribution is 2.22. The topological polar surface area (TPSA) is 71.2 Å². The highest BCUT2D eigenvalue weighted by molar-refractivity contribution is 6.01. The molecule has 1 heterocycles. The minimum Gasteiger partial charge on any atom is -0.309 e. The summed E-state index contributed by atoms with van der Waals surface area (Å²) in [5, 5.41) is 14.7. The van der Waals surface area contributed by atoms with E-state index in [0.29, 0.717) is 17.0 Å². The fraction of sp³-hybridized carbons (Fsp3) is 0.471. The molecule has 29 heavy (non-hydrogen) atoms. The maximum Gasteiger partial charge on any atom is 0.449 e. The van der Waals surface area contributed by atoms with Crippen LogP contribution in [0.15, 0.2) is 12.1 Å². The number of hydrogen-bond donors (Lipinski definition) is 2. The van der Waals surface area contributed by atoms with Crippen LogP contribution >= 0.6 is 0 Å². The third-order valence-corrected chi connectivity index (χ3v) is 4.36. The van der Waals surface area contributed by atoms with E-state index in [1.807, 2.05) is 0 Å². The fourth-order valence-corrected chi connectivity index (χ4v) is 2.82. The molecule has 12 heteroatoms. The lowest BCUT2D eigenvalue weighted by Gasteiger charge is -2.37. The summed E-state index contributed by atoms with van der Waals surface area (Å²) in [5.74, 6) is -6.77. The zero-order valence-electron chi connectivity index (χ0n) is 14.9. The third-order valence-electron chi connectivity index (χ3n) is 4.36. The zero-order chi connectivity index (χ0) is 21.9. The normalized spacial score (nSPS) is 16.8. The Morgan fingerprint density at radius 3 is 2.31 bits per heavy atom. The molecule has 1 aliphatic heterocycles. The van der Waals surface area contributed by atoms with Crippen LogP contribution in [-0.4, -0.2) is 59.4 Å². The Morgan fingerprint density at radius 2 is 1.72 bits per heavy atom. The van der Waals surface area contributed by atoms with Crippen LogP contribution in [0.5, 0.6) is 0 Å². The van der Waals surface area contributed by atoms with Crippen molar-refractivity contribution in [1.29, 1.82) is 10.8 Å². The molecule has 0 spiro atoms. The van der Waals surface area contributed by atoms with Gasteiger partial charge in [-0.05, 0) is 18.1 Å². The molecule has 2 rings (SSSR count). The predicted octanol–water partition coefficient (Wildman–Crippen LogP) is 3.43. The molecule has 0 radical (unpaired) electrons. The van der Waals surface area contributed by atoms with Gasteiger partial charge < -0.3 is 4.90 Å². The quantitative estimate of drug-likeness (QED) is 0.241. The van der Waals surface area contributed by atoms with Crippen molar-refractivity contribution in [2.24, 2.45) is 0 Å². The van der Waals surface area contributed by atoms with Gasteiger partial charge >= 0.3 is 6.18 Å². The SMILES string of the molecule is N=C1CN(C(F)CCC(=O)Cc2cc(F)c(F)cc2F)CCN1C(=N)C(F)(F)F. The van der Waals surface area contributed by atoms with Gasteiger partial charge in [0.1, 0.15) is 17.4 Å². The lowest BCUT2D eigenvalue weighted by Crippen LogP contribution is -2.56. The molecule has 160 valence electrons. The summed E-state index contributed by atoms with van der Waals surface area (Å²) >= 11 is 0. The van der Waals surface area contributed by atoms with E-state index in [0.717, 1.165) is 4.90 Å². The number of Topliss-reactive ketones (excluding diaryl/α,β-unsaturated/α-hetero) is 1. The number of nitrogens with one attached hydrogen (secondary N) is 2. The highest BCUT2D eigenvalue weighted by Gasteiger charge is 2.41. The second-order valence-corrected chi connectivity index (χ2v) is 6.46. The Morgan fingerprint density at radius 1 is 1.10 bits per heavy atom. The van der Waals surface area contributed by atoms with E-state index < -0.39 is 66.9 Å². The summed E-state index contributed by atoms with van der Waals surface area (Å²) in [5.41, 5.74) is -0.370. The van der Waals surface area contributed by atoms with E-state index in [2.05, 4.69) is 0 Å². The van der Waals surface area contributed by atoms with Crippen LogP contribution in [0, 0.1) is 28.3 Å². The molecule has 1 fully saturated rings. The number of alkyl halides is 4. The van der Waals surface area contributed by atoms with Crippen LogP contribution in [-0.2, 0) is 11.2 Å². The Labute approximate surface area is 161 Å². The van der Waals surface area contributed by atoms with Crippen LogP contribution in [0.2, 0.25) is 0 Å². The van der Waals surface area contributed by atoms with Crippen LogP contribution in [0.3, 0.4) is 0 Å². The Kier molecular flexibility index (Phi) is 6.98. The first-order chi connectivity index (χ1) is 13.4. The number of rotatable bonds is 6. The minimum atomic E-state index is -4.93. The standard InChI is InChI=1S/C17H17F7N4O/c18-11-7-13(20)12(19)6-9(11)5-10(29)1-2-14(21)27-3-4-28(15(25)8-27)16(26)17(22,23)24/h6-7,14,25-26H,1-5,8H2. The van der Waals surface area contributed by atoms with Gasteiger partial charge in [0.25, 0.3) is 0 Å². The molecule has 0 aromatic heterocycles. The maximum absolute atomic E-state index is 14.3. The van der Waals surface area contributed by atoms with Crippen LogP contribution in [0.1, 0.15) is 18.4 Å². The van der Waals surface area contributed by atoms with E-state index in [1.54, 1.807) is 0 Å². The molecule has 1 saturated heterocycles. The number of nitrogens with zero attached hydrogens (tertiary/aromatic N) is 2. The number of amidine groups is 2. The van der Waals surface area contributed by atoms with Gasteiger partial charge in [-0.3, -0.25) is 20.5 Å². The molecule has 1 aromatic carbocycles. The van der Waals surface area contributed by atoms with Gasteiger partial charge in [0, 0.05) is 32.0 Å². The van der Waals surface area contributed by atoms with Gasteiger partial charge in [0.05, 0.1) is 6.54 Å². The molecular weight excluding hydrogens is 409 g/mol. The molecule has 0 aliphatic carbocycles. The third kappa shape index (κ3) is 5.75. The second-order valence-electron chi connectivity index (χ2n) is 6.46. The molecular formula is C17H17F7N4O. The van der Waals surface area contributed by atoms with Crippen LogP contribution in [0.4, 0.5) is 30.7 Å². The van der Waals surface area contributed by atoms with Crippen molar-refractivity contribution < 1.29 is 35.5 Å². The molecule has 0 bridgehead atoms. The molecule has 2 N–H and O–H groups in total. The second kappa shape index (κ2) is 8.89. The number of carbonyl (C=O) groups is 1. The zero-order valence-corrected chi connectivity index (χ0v) is 14.9. The van der Waals surface area contributed by atoms with Crippen LogP contribution in [0.25, 0.3) is 0 Å². The van der Waals surface area contributed by atoms with Gasteiger partial charge in [-0.15, -0.1) is 0 Å². The molecule has 1 aromatic rings. The largest absolute Gasteiger partial charge is 0.449 e. The molecule has 0 amide bonds. The van der Waals surface area contributed by atoms with E-state index in [9.17, 15) is 35.5 Å². The maximum atomic E-state index is 14.3. The van der Waals surface area contributed by atoms with Crippen molar-refractivity contribution in [2.75, 3.05) is 19.6 Å². The fourth-order valence-electron chi connectivity index (χ4n) is 2.82. The van der Waals surface area contributed by atoms with Crippen molar-refractivity contribution in [1.82, 2.24) is 9.80 Å². The van der Waals surface area contributed by atoms with Crippen molar-refractivity contribution in [3.63, 3.8) is 0 Å². The molecule has 1 aliphatic rings. The van der Waals surface area contributed by atoms with Crippen molar-refractivity contribution in [2.45, 2.75) is 31.7 Å². The smallest absolute Gasteiger partial charge is 0.309 e. The number of halogens is 7. The predicted molar refractivity (Wildman–Crippen MR) is 88.9 cm³/mol. The average Bonchev–Trinajstić information content (AvgIpc) is 2.62. The number of piperazine rings is 1. The number of benzene rings is 1. The van der Waals surface area contributed by atoms with Gasteiger partial charge in [0.15, 0.2) is 17.9 Å². The summed E-state index contributed by atoms with van der Waals surface area (Å²) in [7, 11) is 0. The minimum absolute atomic E-state index is 0.200. The summed E-state index contributed by atoms with van der Waals surface area (Å²) in [6.07, 6.45) is -7.98. The summed E-state index contributed by atoms with van der Waals surface area (Å²) in [4.78, 5) is 13.4. The first-order valence-electron chi connectivity index (χ1n) is 8.44. The first-order valence-corrected chi connectivity index (χ1v) is 8.44. The van der Waals surface area contributed by atoms with E-state index in [1.165, 1.54) is 0 Å². The van der Waals surface area contributed by atoms with Crippen LogP contribution < -0.4 is 0 Å². The van der Waals surface area contributed by atoms with Gasteiger partial charge in [-0.2, -0.15) is 13.2 Å². The molecule has 1 atom stereocenters. The van der Waals surface area contributed by atoms with Gasteiger partial charge in [0.2, 0.25) is 5.84 Å². The Hall–Kier alpha value is -2.50. The van der Waals surface area contributed by atoms with Gasteiger partial charge in [-0.1, -0.05) is 0 Å². The van der Waals surface area contributed by atoms with Crippen molar-refractivity contribution in [3.8, 4) is 0 Å². The first kappa shape index (κ1) is 22.8. The molecule has 0 saturated carbocycles. The van der Waals surface area contributed by atoms with E-state index in [-0.39, 0.29) is 24.9 Å². The Bertz CT molecular complexity index is 812. The average molecular weight is 426 g/mol. The number of ketones is 1. The number of carbonyl (C=O) groups excluding carboxylic acids is 1. The lowest BCUT2D eigenvalue weighted by molar-refractivity contribution is -0.119. The van der Waals surface area contributed by atoms with Crippen molar-refractivity contribution in [3.05, 3.63) is 35.1 Å². The summed E-state index contributed by atoms with van der Waals surface area (Å²) < 4.78 is 91.6. The summed E-state index contributed by atoms with van der Waals surface area (Å²) in [6.45, 7) is -1.09. The van der Waals surface area contributed by atoms with Gasteiger partial charge in [-0.25, -0.2) is 17.6 Å². The highest BCUT2D eigenvalue weighted by atomic mass is 19.4.